The summed E-state index contributed by atoms with van der Waals surface area (Å²) in [5.74, 6) is 1.61. The van der Waals surface area contributed by atoms with Gasteiger partial charge in [-0.3, -0.25) is 4.98 Å². The molecule has 1 aliphatic carbocycles. The van der Waals surface area contributed by atoms with E-state index >= 15 is 0 Å². The molecule has 23 heavy (non-hydrogen) atoms. The van der Waals surface area contributed by atoms with Crippen LogP contribution in [-0.2, 0) is 6.61 Å². The molecule has 1 aliphatic rings. The lowest BCUT2D eigenvalue weighted by atomic mass is 10.1. The normalized spacial score (nSPS) is 13.5. The van der Waals surface area contributed by atoms with E-state index in [4.69, 9.17) is 4.74 Å². The fourth-order valence-electron chi connectivity index (χ4n) is 2.76. The molecule has 3 aromatic rings. The van der Waals surface area contributed by atoms with Gasteiger partial charge in [-0.1, -0.05) is 44.2 Å². The first kappa shape index (κ1) is 15.6. The van der Waals surface area contributed by atoms with E-state index in [0.717, 1.165) is 22.3 Å². The molecule has 1 fully saturated rings. The summed E-state index contributed by atoms with van der Waals surface area (Å²) in [5.41, 5.74) is 5.65. The van der Waals surface area contributed by atoms with Gasteiger partial charge in [-0.15, -0.1) is 0 Å². The van der Waals surface area contributed by atoms with Crippen molar-refractivity contribution in [2.45, 2.75) is 46.1 Å². The van der Waals surface area contributed by atoms with E-state index in [-0.39, 0.29) is 0 Å². The molecule has 3 heteroatoms. The number of fused-ring (bicyclic) bond motifs is 1. The fourth-order valence-corrected chi connectivity index (χ4v) is 2.76. The molecular formula is C20H24N2O. The Morgan fingerprint density at radius 3 is 2.61 bits per heavy atom. The minimum Gasteiger partial charge on any atom is -0.486 e. The molecule has 0 atom stereocenters. The van der Waals surface area contributed by atoms with Gasteiger partial charge in [0, 0.05) is 18.0 Å². The molecule has 0 unspecified atom stereocenters. The summed E-state index contributed by atoms with van der Waals surface area (Å²) in [6.07, 6.45) is 6.49. The zero-order chi connectivity index (χ0) is 16.2. The number of pyridine rings is 1. The molecule has 2 heterocycles. The van der Waals surface area contributed by atoms with Gasteiger partial charge in [0.05, 0.1) is 5.52 Å². The lowest BCUT2D eigenvalue weighted by molar-refractivity contribution is 0.306. The van der Waals surface area contributed by atoms with Crippen LogP contribution in [0.3, 0.4) is 0 Å². The molecule has 0 aliphatic heterocycles. The number of aromatic amines is 1. The zero-order valence-electron chi connectivity index (χ0n) is 14.1. The van der Waals surface area contributed by atoms with E-state index < -0.39 is 0 Å². The van der Waals surface area contributed by atoms with Gasteiger partial charge in [-0.05, 0) is 36.8 Å². The molecule has 0 amide bonds. The van der Waals surface area contributed by atoms with Crippen molar-refractivity contribution in [2.24, 2.45) is 0 Å². The van der Waals surface area contributed by atoms with Gasteiger partial charge in [0.1, 0.15) is 17.9 Å². The maximum atomic E-state index is 6.18. The number of hydrogen-bond donors (Lipinski definition) is 1. The number of ether oxygens (including phenoxy) is 1. The third-order valence-electron chi connectivity index (χ3n) is 4.11. The average molecular weight is 308 g/mol. The monoisotopic (exact) mass is 308 g/mol. The summed E-state index contributed by atoms with van der Waals surface area (Å²) >= 11 is 0. The van der Waals surface area contributed by atoms with Crippen molar-refractivity contribution < 1.29 is 4.74 Å². The minimum atomic E-state index is 0.595. The van der Waals surface area contributed by atoms with Crippen molar-refractivity contribution in [3.63, 3.8) is 0 Å². The highest BCUT2D eigenvalue weighted by Crippen LogP contribution is 2.46. The van der Waals surface area contributed by atoms with Gasteiger partial charge < -0.3 is 9.72 Å². The smallest absolute Gasteiger partial charge is 0.150 e. The number of aryl methyl sites for hydroxylation is 1. The van der Waals surface area contributed by atoms with Gasteiger partial charge in [0.15, 0.2) is 0 Å². The van der Waals surface area contributed by atoms with Crippen molar-refractivity contribution >= 4 is 11.0 Å². The molecule has 1 aromatic carbocycles. The zero-order valence-corrected chi connectivity index (χ0v) is 14.1. The Kier molecular flexibility index (Phi) is 4.65. The van der Waals surface area contributed by atoms with Gasteiger partial charge in [-0.2, -0.15) is 0 Å². The summed E-state index contributed by atoms with van der Waals surface area (Å²) in [4.78, 5) is 7.93. The van der Waals surface area contributed by atoms with Crippen LogP contribution in [0.15, 0.2) is 42.7 Å². The molecule has 0 radical (unpaired) electrons. The summed E-state index contributed by atoms with van der Waals surface area (Å²) < 4.78 is 6.18. The van der Waals surface area contributed by atoms with Crippen LogP contribution in [0.25, 0.3) is 11.0 Å². The summed E-state index contributed by atoms with van der Waals surface area (Å²) in [6.45, 7) is 6.67. The first-order valence-electron chi connectivity index (χ1n) is 8.46. The van der Waals surface area contributed by atoms with Crippen LogP contribution < -0.4 is 4.74 Å². The maximum absolute atomic E-state index is 6.18. The predicted molar refractivity (Wildman–Crippen MR) is 94.9 cm³/mol. The van der Waals surface area contributed by atoms with E-state index in [9.17, 15) is 0 Å². The predicted octanol–water partition coefficient (Wildman–Crippen LogP) is 5.35. The van der Waals surface area contributed by atoms with Gasteiger partial charge in [0.25, 0.3) is 0 Å². The van der Waals surface area contributed by atoms with E-state index in [1.807, 2.05) is 44.4 Å². The molecule has 2 aromatic heterocycles. The Labute approximate surface area is 137 Å². The number of nitrogens with zero attached hydrogens (tertiary/aromatic N) is 1. The average Bonchev–Trinajstić information content (AvgIpc) is 3.39. The Bertz CT molecular complexity index is 773. The topological polar surface area (TPSA) is 37.9 Å². The Balaban J connectivity index is 0.000000753. The van der Waals surface area contributed by atoms with Crippen LogP contribution in [0.4, 0.5) is 0 Å². The molecule has 0 bridgehead atoms. The van der Waals surface area contributed by atoms with E-state index in [2.05, 4.69) is 29.0 Å². The van der Waals surface area contributed by atoms with Crippen LogP contribution in [0.2, 0.25) is 0 Å². The fraction of sp³-hybridized carbons (Fsp3) is 0.350. The first-order chi connectivity index (χ1) is 11.3. The second kappa shape index (κ2) is 6.86. The van der Waals surface area contributed by atoms with E-state index in [0.29, 0.717) is 12.5 Å². The molecule has 0 spiro atoms. The number of nitrogens with one attached hydrogen (secondary N) is 1. The quantitative estimate of drug-likeness (QED) is 0.705. The number of hydrogen-bond acceptors (Lipinski definition) is 2. The molecular weight excluding hydrogens is 284 g/mol. The first-order valence-corrected chi connectivity index (χ1v) is 8.46. The molecule has 4 rings (SSSR count). The summed E-state index contributed by atoms with van der Waals surface area (Å²) in [7, 11) is 0. The van der Waals surface area contributed by atoms with Gasteiger partial charge >= 0.3 is 0 Å². The number of H-pyrrole nitrogens is 1. The molecule has 1 saturated carbocycles. The summed E-state index contributed by atoms with van der Waals surface area (Å²) in [6, 6.07) is 10.3. The minimum absolute atomic E-state index is 0.595. The van der Waals surface area contributed by atoms with Crippen molar-refractivity contribution in [3.8, 4) is 5.75 Å². The Morgan fingerprint density at radius 1 is 1.17 bits per heavy atom. The van der Waals surface area contributed by atoms with E-state index in [1.54, 1.807) is 0 Å². The Morgan fingerprint density at radius 2 is 1.91 bits per heavy atom. The van der Waals surface area contributed by atoms with Crippen LogP contribution in [0, 0.1) is 6.92 Å². The highest BCUT2D eigenvalue weighted by molar-refractivity contribution is 5.85. The van der Waals surface area contributed by atoms with Crippen molar-refractivity contribution in [1.29, 1.82) is 0 Å². The van der Waals surface area contributed by atoms with Gasteiger partial charge in [0.2, 0.25) is 0 Å². The largest absolute Gasteiger partial charge is 0.486 e. The number of aromatic nitrogens is 2. The van der Waals surface area contributed by atoms with Crippen molar-refractivity contribution in [3.05, 3.63) is 59.4 Å². The molecule has 120 valence electrons. The second-order valence-corrected chi connectivity index (χ2v) is 5.79. The Hall–Kier alpha value is -2.29. The molecule has 1 N–H and O–H groups in total. The van der Waals surface area contributed by atoms with Crippen LogP contribution in [0.1, 0.15) is 49.3 Å². The second-order valence-electron chi connectivity index (χ2n) is 5.79. The highest BCUT2D eigenvalue weighted by Gasteiger charge is 2.29. The highest BCUT2D eigenvalue weighted by atomic mass is 16.5. The summed E-state index contributed by atoms with van der Waals surface area (Å²) in [5, 5.41) is 0. The maximum Gasteiger partial charge on any atom is 0.150 e. The van der Waals surface area contributed by atoms with Crippen molar-refractivity contribution in [1.82, 2.24) is 9.97 Å². The third-order valence-corrected chi connectivity index (χ3v) is 4.11. The molecule has 0 saturated heterocycles. The van der Waals surface area contributed by atoms with Crippen LogP contribution in [0.5, 0.6) is 5.75 Å². The van der Waals surface area contributed by atoms with Crippen molar-refractivity contribution in [2.75, 3.05) is 0 Å². The van der Waals surface area contributed by atoms with E-state index in [1.165, 1.54) is 24.0 Å². The molecule has 3 nitrogen and oxygen atoms in total. The standard InChI is InChI=1S/C18H18N2O.C2H6/c1-12-9-19-17-16(12)20-10-15(14-7-8-14)18(17)21-11-13-5-3-2-4-6-13;1-2/h2-6,9-10,14,19H,7-8,11H2,1H3;1-2H3. The number of benzene rings is 1. The van der Waals surface area contributed by atoms with Gasteiger partial charge in [-0.25, -0.2) is 0 Å². The SMILES string of the molecule is CC.Cc1c[nH]c2c(OCc3ccccc3)c(C3CC3)cnc12. The third kappa shape index (κ3) is 3.24. The lowest BCUT2D eigenvalue weighted by Crippen LogP contribution is -2.00. The van der Waals surface area contributed by atoms with Crippen LogP contribution in [-0.4, -0.2) is 9.97 Å². The number of rotatable bonds is 4. The van der Waals surface area contributed by atoms with Crippen LogP contribution >= 0.6 is 0 Å². The lowest BCUT2D eigenvalue weighted by Gasteiger charge is -2.12.